The van der Waals surface area contributed by atoms with Gasteiger partial charge in [-0.1, -0.05) is 12.7 Å². The Morgan fingerprint density at radius 3 is 1.86 bits per heavy atom. The lowest BCUT2D eigenvalue weighted by Crippen LogP contribution is -2.25. The van der Waals surface area contributed by atoms with E-state index in [0.717, 1.165) is 5.56 Å². The number of aryl methyl sites for hydroxylation is 1. The van der Waals surface area contributed by atoms with Gasteiger partial charge in [0.2, 0.25) is 0 Å². The third-order valence-corrected chi connectivity index (χ3v) is 1.24. The predicted octanol–water partition coefficient (Wildman–Crippen LogP) is 2.45. The SMILES string of the molecule is C=Cc1cc[n+](C)cc1.F[B-](F)(F)F. The van der Waals surface area contributed by atoms with Gasteiger partial charge in [-0.25, -0.2) is 4.57 Å². The molecule has 0 aliphatic heterocycles. The fourth-order valence-corrected chi connectivity index (χ4v) is 0.649. The molecule has 0 unspecified atom stereocenters. The Labute approximate surface area is 79.8 Å². The number of aromatic nitrogens is 1. The highest BCUT2D eigenvalue weighted by molar-refractivity contribution is 6.50. The summed E-state index contributed by atoms with van der Waals surface area (Å²) in [5.74, 6) is 0. The molecule has 1 aromatic rings. The van der Waals surface area contributed by atoms with Gasteiger partial charge < -0.3 is 17.3 Å². The van der Waals surface area contributed by atoms with Gasteiger partial charge in [0.05, 0.1) is 0 Å². The Balaban J connectivity index is 0.000000292. The first-order valence-electron chi connectivity index (χ1n) is 3.78. The second-order valence-corrected chi connectivity index (χ2v) is 2.50. The summed E-state index contributed by atoms with van der Waals surface area (Å²) in [5, 5.41) is 0. The second kappa shape index (κ2) is 5.41. The minimum absolute atomic E-state index is 1.16. The standard InChI is InChI=1S/C8H10N.BF4/c1-3-8-4-6-9(2)7-5-8;2-1(3,4)5/h3-7H,1H2,2H3;/q+1;-1. The smallest absolute Gasteiger partial charge is 0.418 e. The molecule has 0 N–H and O–H groups in total. The van der Waals surface area contributed by atoms with Crippen LogP contribution in [-0.4, -0.2) is 7.25 Å². The van der Waals surface area contributed by atoms with E-state index in [1.54, 1.807) is 0 Å². The van der Waals surface area contributed by atoms with Gasteiger partial charge in [-0.05, 0) is 5.56 Å². The molecule has 0 bridgehead atoms. The summed E-state index contributed by atoms with van der Waals surface area (Å²) in [6.07, 6.45) is 5.83. The third-order valence-electron chi connectivity index (χ3n) is 1.24. The lowest BCUT2D eigenvalue weighted by atomic mass is 10.3. The lowest BCUT2D eigenvalue weighted by Gasteiger charge is -1.94. The summed E-state index contributed by atoms with van der Waals surface area (Å²) >= 11 is 0. The lowest BCUT2D eigenvalue weighted by molar-refractivity contribution is -0.671. The van der Waals surface area contributed by atoms with Gasteiger partial charge in [-0.3, -0.25) is 0 Å². The summed E-state index contributed by atoms with van der Waals surface area (Å²) in [5.41, 5.74) is 1.16. The minimum Gasteiger partial charge on any atom is -0.418 e. The highest BCUT2D eigenvalue weighted by Gasteiger charge is 2.20. The zero-order chi connectivity index (χ0) is 11.2. The molecule has 0 saturated heterocycles. The molecule has 0 saturated carbocycles. The van der Waals surface area contributed by atoms with Gasteiger partial charge in [0.15, 0.2) is 12.4 Å². The summed E-state index contributed by atoms with van der Waals surface area (Å²) in [4.78, 5) is 0. The van der Waals surface area contributed by atoms with E-state index < -0.39 is 7.25 Å². The number of hydrogen-bond donors (Lipinski definition) is 0. The molecule has 0 radical (unpaired) electrons. The van der Waals surface area contributed by atoms with E-state index >= 15 is 0 Å². The molecule has 0 spiro atoms. The topological polar surface area (TPSA) is 3.88 Å². The van der Waals surface area contributed by atoms with Crippen LogP contribution in [0.4, 0.5) is 17.3 Å². The molecular weight excluding hydrogens is 197 g/mol. The van der Waals surface area contributed by atoms with E-state index in [0.29, 0.717) is 0 Å². The van der Waals surface area contributed by atoms with Crippen molar-refractivity contribution in [1.82, 2.24) is 0 Å². The van der Waals surface area contributed by atoms with Crippen LogP contribution in [0.3, 0.4) is 0 Å². The molecule has 1 nitrogen and oxygen atoms in total. The van der Waals surface area contributed by atoms with Crippen molar-refractivity contribution in [2.45, 2.75) is 0 Å². The fourth-order valence-electron chi connectivity index (χ4n) is 0.649. The Morgan fingerprint density at radius 1 is 1.21 bits per heavy atom. The molecule has 0 aromatic carbocycles. The van der Waals surface area contributed by atoms with Crippen molar-refractivity contribution in [2.24, 2.45) is 7.05 Å². The van der Waals surface area contributed by atoms with E-state index in [2.05, 4.69) is 6.58 Å². The third kappa shape index (κ3) is 8.77. The van der Waals surface area contributed by atoms with Crippen LogP contribution in [0.2, 0.25) is 0 Å². The summed E-state index contributed by atoms with van der Waals surface area (Å²) in [6, 6.07) is 4.04. The van der Waals surface area contributed by atoms with E-state index in [1.165, 1.54) is 0 Å². The van der Waals surface area contributed by atoms with Crippen molar-refractivity contribution >= 4 is 13.3 Å². The molecule has 0 aliphatic rings. The van der Waals surface area contributed by atoms with Gasteiger partial charge in [-0.2, -0.15) is 0 Å². The average Bonchev–Trinajstić information content (AvgIpc) is 2.03. The minimum atomic E-state index is -6.00. The number of nitrogens with zero attached hydrogens (tertiary/aromatic N) is 1. The summed E-state index contributed by atoms with van der Waals surface area (Å²) in [6.45, 7) is 3.65. The van der Waals surface area contributed by atoms with Gasteiger partial charge in [-0.15, -0.1) is 0 Å². The Kier molecular flexibility index (Phi) is 4.90. The van der Waals surface area contributed by atoms with Crippen LogP contribution >= 0.6 is 0 Å². The van der Waals surface area contributed by atoms with Crippen molar-refractivity contribution in [1.29, 1.82) is 0 Å². The molecule has 0 aliphatic carbocycles. The van der Waals surface area contributed by atoms with E-state index in [4.69, 9.17) is 0 Å². The molecule has 14 heavy (non-hydrogen) atoms. The molecule has 78 valence electrons. The van der Waals surface area contributed by atoms with Crippen LogP contribution in [0.1, 0.15) is 5.56 Å². The van der Waals surface area contributed by atoms with Crippen LogP contribution in [0.15, 0.2) is 31.1 Å². The monoisotopic (exact) mass is 207 g/mol. The molecule has 1 aromatic heterocycles. The maximum atomic E-state index is 9.75. The van der Waals surface area contributed by atoms with Crippen molar-refractivity contribution in [2.75, 3.05) is 0 Å². The number of pyridine rings is 1. The first-order chi connectivity index (χ1) is 6.33. The van der Waals surface area contributed by atoms with Crippen molar-refractivity contribution in [3.8, 4) is 0 Å². The maximum absolute atomic E-state index is 9.75. The number of hydrogen-bond acceptors (Lipinski definition) is 0. The maximum Gasteiger partial charge on any atom is 0.673 e. The normalized spacial score (nSPS) is 10.1. The van der Waals surface area contributed by atoms with Crippen LogP contribution in [0.25, 0.3) is 6.08 Å². The molecular formula is C8H10BF4N. The molecule has 0 fully saturated rings. The largest absolute Gasteiger partial charge is 0.673 e. The van der Waals surface area contributed by atoms with Gasteiger partial charge in [0.1, 0.15) is 7.05 Å². The second-order valence-electron chi connectivity index (χ2n) is 2.50. The average molecular weight is 207 g/mol. The summed E-state index contributed by atoms with van der Waals surface area (Å²) in [7, 11) is -4.01. The van der Waals surface area contributed by atoms with Crippen molar-refractivity contribution in [3.63, 3.8) is 0 Å². The van der Waals surface area contributed by atoms with Crippen molar-refractivity contribution in [3.05, 3.63) is 36.7 Å². The van der Waals surface area contributed by atoms with Crippen LogP contribution in [0, 0.1) is 0 Å². The zero-order valence-electron chi connectivity index (χ0n) is 7.63. The molecule has 1 heterocycles. The highest BCUT2D eigenvalue weighted by Crippen LogP contribution is 2.06. The van der Waals surface area contributed by atoms with Crippen molar-refractivity contribution < 1.29 is 21.8 Å². The van der Waals surface area contributed by atoms with Gasteiger partial charge in [0.25, 0.3) is 0 Å². The number of rotatable bonds is 1. The summed E-state index contributed by atoms with van der Waals surface area (Å²) < 4.78 is 41.0. The molecule has 0 atom stereocenters. The molecule has 6 heteroatoms. The van der Waals surface area contributed by atoms with Crippen LogP contribution in [-0.2, 0) is 7.05 Å². The Morgan fingerprint density at radius 2 is 1.57 bits per heavy atom. The highest BCUT2D eigenvalue weighted by atomic mass is 19.5. The molecule has 0 amide bonds. The zero-order valence-corrected chi connectivity index (χ0v) is 7.63. The van der Waals surface area contributed by atoms with Crippen LogP contribution < -0.4 is 4.57 Å². The first-order valence-corrected chi connectivity index (χ1v) is 3.78. The molecule has 1 rings (SSSR count). The quantitative estimate of drug-likeness (QED) is 0.378. The van der Waals surface area contributed by atoms with E-state index in [-0.39, 0.29) is 0 Å². The predicted molar refractivity (Wildman–Crippen MR) is 47.9 cm³/mol. The van der Waals surface area contributed by atoms with Gasteiger partial charge >= 0.3 is 7.25 Å². The Bertz CT molecular complexity index is 274. The first kappa shape index (κ1) is 12.7. The van der Waals surface area contributed by atoms with E-state index in [9.17, 15) is 17.3 Å². The van der Waals surface area contributed by atoms with Crippen LogP contribution in [0.5, 0.6) is 0 Å². The number of halogens is 4. The van der Waals surface area contributed by atoms with Gasteiger partial charge in [0, 0.05) is 12.1 Å². The fraction of sp³-hybridized carbons (Fsp3) is 0.125. The van der Waals surface area contributed by atoms with E-state index in [1.807, 2.05) is 42.2 Å². The Hall–Kier alpha value is -1.33.